The van der Waals surface area contributed by atoms with Gasteiger partial charge in [-0.15, -0.1) is 0 Å². The monoisotopic (exact) mass is 518 g/mol. The first-order valence-corrected chi connectivity index (χ1v) is 17.6. The van der Waals surface area contributed by atoms with Gasteiger partial charge in [0.1, 0.15) is 0 Å². The third kappa shape index (κ3) is 31.6. The molecular weight excluding hydrogens is 446 g/mol. The van der Waals surface area contributed by atoms with Crippen LogP contribution < -0.4 is 0 Å². The summed E-state index contributed by atoms with van der Waals surface area (Å²) in [4.78, 5) is 0. The molecule has 0 saturated carbocycles. The summed E-state index contributed by atoms with van der Waals surface area (Å²) in [6, 6.07) is 2.24. The zero-order valence-electron chi connectivity index (χ0n) is 26.3. The molecule has 0 rings (SSSR count). The van der Waals surface area contributed by atoms with E-state index >= 15 is 0 Å². The van der Waals surface area contributed by atoms with Gasteiger partial charge >= 0.3 is 0 Å². The Kier molecular flexibility index (Phi) is 31.3. The third-order valence-electron chi connectivity index (χ3n) is 8.68. The van der Waals surface area contributed by atoms with Gasteiger partial charge in [0.15, 0.2) is 0 Å². The highest BCUT2D eigenvalue weighted by molar-refractivity contribution is 4.67. The quantitative estimate of drug-likeness (QED) is 0.0838. The maximum Gasteiger partial charge on any atom is 0.0621 e. The standard InChI is InChI=1S/C36H71N/c1-4-5-6-7-8-9-14-17-20-23-26-30-35(2)32-29-33-36(3)31-27-24-21-18-15-12-10-11-13-16-19-22-25-28-34-37/h35-36H,4-33H2,1-3H3. The maximum absolute atomic E-state index is 8.54. The molecule has 0 aliphatic carbocycles. The van der Waals surface area contributed by atoms with Crippen molar-refractivity contribution in [3.8, 4) is 6.07 Å². The van der Waals surface area contributed by atoms with Gasteiger partial charge in [-0.25, -0.2) is 0 Å². The van der Waals surface area contributed by atoms with E-state index in [9.17, 15) is 0 Å². The lowest BCUT2D eigenvalue weighted by molar-refractivity contribution is 0.390. The molecule has 0 radical (unpaired) electrons. The van der Waals surface area contributed by atoms with Crippen LogP contribution in [0, 0.1) is 23.2 Å². The van der Waals surface area contributed by atoms with E-state index in [-0.39, 0.29) is 0 Å². The minimum Gasteiger partial charge on any atom is -0.198 e. The second-order valence-electron chi connectivity index (χ2n) is 12.8. The molecule has 0 saturated heterocycles. The van der Waals surface area contributed by atoms with Gasteiger partial charge < -0.3 is 0 Å². The van der Waals surface area contributed by atoms with Crippen LogP contribution in [0.3, 0.4) is 0 Å². The summed E-state index contributed by atoms with van der Waals surface area (Å²) in [6.45, 7) is 7.30. The van der Waals surface area contributed by atoms with Crippen molar-refractivity contribution in [1.29, 1.82) is 5.26 Å². The molecule has 0 aromatic rings. The SMILES string of the molecule is CCCCCCCCCCCCCC(C)CCCC(C)CCCCCCCCCCCCCCCC#N. The molecule has 0 aliphatic rings. The second-order valence-corrected chi connectivity index (χ2v) is 12.8. The number of rotatable bonds is 31. The van der Waals surface area contributed by atoms with Gasteiger partial charge in [-0.2, -0.15) is 5.26 Å². The molecule has 1 heteroatoms. The molecule has 0 bridgehead atoms. The van der Waals surface area contributed by atoms with Crippen LogP contribution in [0.4, 0.5) is 0 Å². The number of nitrogens with zero attached hydrogens (tertiary/aromatic N) is 1. The Balaban J connectivity index is 3.26. The molecule has 0 fully saturated rings. The highest BCUT2D eigenvalue weighted by atomic mass is 14.2. The molecular formula is C36H71N. The Bertz CT molecular complexity index is 450. The Hall–Kier alpha value is -0.510. The van der Waals surface area contributed by atoms with Crippen LogP contribution in [0.5, 0.6) is 0 Å². The van der Waals surface area contributed by atoms with Gasteiger partial charge in [0.2, 0.25) is 0 Å². The molecule has 2 unspecified atom stereocenters. The first-order valence-electron chi connectivity index (χ1n) is 17.6. The van der Waals surface area contributed by atoms with Crippen LogP contribution in [0.15, 0.2) is 0 Å². The second kappa shape index (κ2) is 31.7. The van der Waals surface area contributed by atoms with Crippen LogP contribution in [-0.2, 0) is 0 Å². The topological polar surface area (TPSA) is 23.8 Å². The lowest BCUT2D eigenvalue weighted by Crippen LogP contribution is -1.99. The van der Waals surface area contributed by atoms with E-state index in [1.165, 1.54) is 180 Å². The predicted molar refractivity (Wildman–Crippen MR) is 168 cm³/mol. The number of nitriles is 1. The number of unbranched alkanes of at least 4 members (excludes halogenated alkanes) is 23. The summed E-state index contributed by atoms with van der Waals surface area (Å²) in [5.74, 6) is 1.88. The number of hydrogen-bond acceptors (Lipinski definition) is 1. The lowest BCUT2D eigenvalue weighted by atomic mass is 9.92. The minimum atomic E-state index is 0.748. The smallest absolute Gasteiger partial charge is 0.0621 e. The molecule has 37 heavy (non-hydrogen) atoms. The van der Waals surface area contributed by atoms with Gasteiger partial charge in [0, 0.05) is 6.42 Å². The van der Waals surface area contributed by atoms with E-state index in [2.05, 4.69) is 26.8 Å². The Morgan fingerprint density at radius 1 is 0.378 bits per heavy atom. The average molecular weight is 518 g/mol. The van der Waals surface area contributed by atoms with Crippen LogP contribution in [0.1, 0.15) is 213 Å². The molecule has 220 valence electrons. The fourth-order valence-corrected chi connectivity index (χ4v) is 5.90. The summed E-state index contributed by atoms with van der Waals surface area (Å²) in [6.07, 6.45) is 42.2. The largest absolute Gasteiger partial charge is 0.198 e. The van der Waals surface area contributed by atoms with Gasteiger partial charge in [-0.05, 0) is 18.3 Å². The molecule has 0 spiro atoms. The Labute approximate surface area is 236 Å². The van der Waals surface area contributed by atoms with Crippen LogP contribution in [0.25, 0.3) is 0 Å². The zero-order valence-corrected chi connectivity index (χ0v) is 26.3. The molecule has 2 atom stereocenters. The van der Waals surface area contributed by atoms with Crippen molar-refractivity contribution < 1.29 is 0 Å². The minimum absolute atomic E-state index is 0.748. The molecule has 0 amide bonds. The van der Waals surface area contributed by atoms with Crippen molar-refractivity contribution in [1.82, 2.24) is 0 Å². The van der Waals surface area contributed by atoms with Crippen LogP contribution in [-0.4, -0.2) is 0 Å². The maximum atomic E-state index is 8.54. The predicted octanol–water partition coefficient (Wildman–Crippen LogP) is 13.5. The van der Waals surface area contributed by atoms with Crippen molar-refractivity contribution in [3.63, 3.8) is 0 Å². The van der Waals surface area contributed by atoms with Gasteiger partial charge in [-0.3, -0.25) is 0 Å². The lowest BCUT2D eigenvalue weighted by Gasteiger charge is -2.14. The number of hydrogen-bond donors (Lipinski definition) is 0. The van der Waals surface area contributed by atoms with Crippen molar-refractivity contribution in [2.75, 3.05) is 0 Å². The Morgan fingerprint density at radius 2 is 0.649 bits per heavy atom. The normalized spacial score (nSPS) is 13.0. The van der Waals surface area contributed by atoms with E-state index in [0.717, 1.165) is 24.7 Å². The fourth-order valence-electron chi connectivity index (χ4n) is 5.90. The highest BCUT2D eigenvalue weighted by Crippen LogP contribution is 2.22. The van der Waals surface area contributed by atoms with Crippen molar-refractivity contribution >= 4 is 0 Å². The summed E-state index contributed by atoms with van der Waals surface area (Å²) in [5.41, 5.74) is 0. The summed E-state index contributed by atoms with van der Waals surface area (Å²) in [5, 5.41) is 8.54. The molecule has 1 nitrogen and oxygen atoms in total. The fraction of sp³-hybridized carbons (Fsp3) is 0.972. The average Bonchev–Trinajstić information content (AvgIpc) is 2.89. The van der Waals surface area contributed by atoms with Crippen molar-refractivity contribution in [2.24, 2.45) is 11.8 Å². The Morgan fingerprint density at radius 3 is 0.973 bits per heavy atom. The third-order valence-corrected chi connectivity index (χ3v) is 8.68. The van der Waals surface area contributed by atoms with Crippen molar-refractivity contribution in [3.05, 3.63) is 0 Å². The van der Waals surface area contributed by atoms with Crippen LogP contribution in [0.2, 0.25) is 0 Å². The molecule has 0 aromatic heterocycles. The van der Waals surface area contributed by atoms with E-state index < -0.39 is 0 Å². The molecule has 0 heterocycles. The molecule has 0 aliphatic heterocycles. The summed E-state index contributed by atoms with van der Waals surface area (Å²) >= 11 is 0. The van der Waals surface area contributed by atoms with E-state index in [4.69, 9.17) is 5.26 Å². The van der Waals surface area contributed by atoms with Gasteiger partial charge in [0.05, 0.1) is 6.07 Å². The molecule has 0 aromatic carbocycles. The van der Waals surface area contributed by atoms with E-state index in [0.29, 0.717) is 0 Å². The van der Waals surface area contributed by atoms with E-state index in [1.807, 2.05) is 0 Å². The summed E-state index contributed by atoms with van der Waals surface area (Å²) in [7, 11) is 0. The zero-order chi connectivity index (χ0) is 27.1. The highest BCUT2D eigenvalue weighted by Gasteiger charge is 2.06. The molecule has 0 N–H and O–H groups in total. The van der Waals surface area contributed by atoms with E-state index in [1.54, 1.807) is 0 Å². The summed E-state index contributed by atoms with van der Waals surface area (Å²) < 4.78 is 0. The first kappa shape index (κ1) is 36.5. The van der Waals surface area contributed by atoms with Crippen LogP contribution >= 0.6 is 0 Å². The van der Waals surface area contributed by atoms with Gasteiger partial charge in [0.25, 0.3) is 0 Å². The first-order chi connectivity index (χ1) is 18.2. The van der Waals surface area contributed by atoms with Gasteiger partial charge in [-0.1, -0.05) is 201 Å². The van der Waals surface area contributed by atoms with Crippen molar-refractivity contribution in [2.45, 2.75) is 213 Å².